The van der Waals surface area contributed by atoms with Crippen molar-refractivity contribution in [2.24, 2.45) is 0 Å². The second-order valence-electron chi connectivity index (χ2n) is 5.66. The van der Waals surface area contributed by atoms with Crippen LogP contribution in [0, 0.1) is 5.82 Å². The zero-order valence-corrected chi connectivity index (χ0v) is 12.0. The van der Waals surface area contributed by atoms with E-state index in [0.717, 1.165) is 39.3 Å². The average Bonchev–Trinajstić information content (AvgIpc) is 2.46. The molecule has 0 aromatic heterocycles. The number of carbonyl (C=O) groups excluding carboxylic acids is 1. The number of para-hydroxylation sites is 1. The molecule has 0 radical (unpaired) electrons. The highest BCUT2D eigenvalue weighted by molar-refractivity contribution is 5.92. The Morgan fingerprint density at radius 3 is 2.71 bits per heavy atom. The van der Waals surface area contributed by atoms with Gasteiger partial charge in [0.05, 0.1) is 12.2 Å². The van der Waals surface area contributed by atoms with Gasteiger partial charge in [-0.05, 0) is 12.1 Å². The molecule has 2 N–H and O–H groups in total. The van der Waals surface area contributed by atoms with E-state index in [2.05, 4.69) is 20.4 Å². The van der Waals surface area contributed by atoms with E-state index in [1.165, 1.54) is 6.07 Å². The van der Waals surface area contributed by atoms with E-state index >= 15 is 0 Å². The number of halogens is 1. The molecule has 3 rings (SSSR count). The number of hydrogen-bond acceptors (Lipinski definition) is 4. The van der Waals surface area contributed by atoms with Gasteiger partial charge in [-0.25, -0.2) is 4.39 Å². The fraction of sp³-hybridized carbons (Fsp3) is 0.533. The summed E-state index contributed by atoms with van der Waals surface area (Å²) in [5.41, 5.74) is 0.252. The number of likely N-dealkylation sites (tertiary alicyclic amines) is 1. The Labute approximate surface area is 124 Å². The molecule has 1 aromatic rings. The van der Waals surface area contributed by atoms with Gasteiger partial charge in [0.2, 0.25) is 5.91 Å². The molecule has 6 heteroatoms. The molecule has 2 fully saturated rings. The minimum absolute atomic E-state index is 0.154. The van der Waals surface area contributed by atoms with Crippen LogP contribution in [0.1, 0.15) is 0 Å². The van der Waals surface area contributed by atoms with E-state index in [-0.39, 0.29) is 11.6 Å². The van der Waals surface area contributed by atoms with Gasteiger partial charge in [0.25, 0.3) is 0 Å². The highest BCUT2D eigenvalue weighted by atomic mass is 19.1. The monoisotopic (exact) mass is 292 g/mol. The quantitative estimate of drug-likeness (QED) is 0.841. The number of nitrogens with zero attached hydrogens (tertiary/aromatic N) is 2. The summed E-state index contributed by atoms with van der Waals surface area (Å²) < 4.78 is 13.4. The van der Waals surface area contributed by atoms with Crippen LogP contribution in [0.4, 0.5) is 10.1 Å². The molecule has 2 saturated heterocycles. The van der Waals surface area contributed by atoms with Crippen molar-refractivity contribution in [2.75, 3.05) is 51.1 Å². The van der Waals surface area contributed by atoms with Crippen molar-refractivity contribution < 1.29 is 9.18 Å². The number of amides is 1. The first-order valence-corrected chi connectivity index (χ1v) is 7.44. The molecular weight excluding hydrogens is 271 g/mol. The number of piperazine rings is 1. The first-order chi connectivity index (χ1) is 10.2. The van der Waals surface area contributed by atoms with E-state index in [1.807, 2.05) is 0 Å². The van der Waals surface area contributed by atoms with Crippen LogP contribution in [0.3, 0.4) is 0 Å². The minimum Gasteiger partial charge on any atom is -0.322 e. The molecule has 2 aliphatic rings. The Morgan fingerprint density at radius 1 is 1.29 bits per heavy atom. The van der Waals surface area contributed by atoms with Gasteiger partial charge < -0.3 is 10.6 Å². The molecule has 0 atom stereocenters. The maximum absolute atomic E-state index is 13.4. The van der Waals surface area contributed by atoms with Crippen molar-refractivity contribution in [2.45, 2.75) is 6.04 Å². The lowest BCUT2D eigenvalue weighted by molar-refractivity contribution is -0.119. The van der Waals surface area contributed by atoms with Crippen molar-refractivity contribution in [1.82, 2.24) is 15.1 Å². The average molecular weight is 292 g/mol. The van der Waals surface area contributed by atoms with E-state index in [0.29, 0.717) is 12.6 Å². The molecule has 0 saturated carbocycles. The SMILES string of the molecule is O=C(CN1CC(N2CCNCC2)C1)Nc1ccccc1F. The van der Waals surface area contributed by atoms with Crippen LogP contribution in [0.5, 0.6) is 0 Å². The number of carbonyl (C=O) groups is 1. The molecule has 114 valence electrons. The van der Waals surface area contributed by atoms with Gasteiger partial charge in [0, 0.05) is 45.3 Å². The summed E-state index contributed by atoms with van der Waals surface area (Å²) in [7, 11) is 0. The fourth-order valence-corrected chi connectivity index (χ4v) is 2.91. The molecule has 21 heavy (non-hydrogen) atoms. The summed E-state index contributed by atoms with van der Waals surface area (Å²) in [6, 6.07) is 6.81. The van der Waals surface area contributed by atoms with Gasteiger partial charge in [-0.15, -0.1) is 0 Å². The van der Waals surface area contributed by atoms with Crippen molar-refractivity contribution in [3.8, 4) is 0 Å². The molecule has 5 nitrogen and oxygen atoms in total. The predicted molar refractivity (Wildman–Crippen MR) is 79.7 cm³/mol. The first kappa shape index (κ1) is 14.4. The number of rotatable bonds is 4. The van der Waals surface area contributed by atoms with Gasteiger partial charge >= 0.3 is 0 Å². The third kappa shape index (κ3) is 3.58. The van der Waals surface area contributed by atoms with Crippen LogP contribution in [0.2, 0.25) is 0 Å². The number of benzene rings is 1. The number of anilines is 1. The lowest BCUT2D eigenvalue weighted by atomic mass is 10.1. The maximum atomic E-state index is 13.4. The maximum Gasteiger partial charge on any atom is 0.238 e. The zero-order valence-electron chi connectivity index (χ0n) is 12.0. The Hall–Kier alpha value is -1.50. The molecular formula is C15H21FN4O. The normalized spacial score (nSPS) is 21.0. The molecule has 2 heterocycles. The van der Waals surface area contributed by atoms with Gasteiger partial charge in [0.15, 0.2) is 0 Å². The lowest BCUT2D eigenvalue weighted by Crippen LogP contribution is -2.63. The standard InChI is InChI=1S/C15H21FN4O/c16-13-3-1-2-4-14(13)18-15(21)11-19-9-12(10-19)20-7-5-17-6-8-20/h1-4,12,17H,5-11H2,(H,18,21). The minimum atomic E-state index is -0.395. The summed E-state index contributed by atoms with van der Waals surface area (Å²) >= 11 is 0. The Morgan fingerprint density at radius 2 is 2.00 bits per heavy atom. The smallest absolute Gasteiger partial charge is 0.238 e. The molecule has 0 unspecified atom stereocenters. The van der Waals surface area contributed by atoms with Crippen molar-refractivity contribution in [1.29, 1.82) is 0 Å². The highest BCUT2D eigenvalue weighted by Gasteiger charge is 2.33. The fourth-order valence-electron chi connectivity index (χ4n) is 2.91. The largest absolute Gasteiger partial charge is 0.322 e. The molecule has 1 aromatic carbocycles. The summed E-state index contributed by atoms with van der Waals surface area (Å²) in [5, 5.41) is 5.96. The van der Waals surface area contributed by atoms with Crippen LogP contribution in [0.25, 0.3) is 0 Å². The molecule has 2 aliphatic heterocycles. The first-order valence-electron chi connectivity index (χ1n) is 7.44. The topological polar surface area (TPSA) is 47.6 Å². The van der Waals surface area contributed by atoms with Gasteiger partial charge in [-0.3, -0.25) is 14.6 Å². The van der Waals surface area contributed by atoms with Crippen LogP contribution >= 0.6 is 0 Å². The van der Waals surface area contributed by atoms with Crippen molar-refractivity contribution in [3.63, 3.8) is 0 Å². The van der Waals surface area contributed by atoms with Crippen molar-refractivity contribution >= 4 is 11.6 Å². The van der Waals surface area contributed by atoms with Crippen LogP contribution < -0.4 is 10.6 Å². The summed E-state index contributed by atoms with van der Waals surface area (Å²) in [5.74, 6) is -0.549. The van der Waals surface area contributed by atoms with E-state index < -0.39 is 5.82 Å². The number of hydrogen-bond donors (Lipinski definition) is 2. The zero-order chi connectivity index (χ0) is 14.7. The van der Waals surface area contributed by atoms with Gasteiger partial charge in [0.1, 0.15) is 5.82 Å². The third-order valence-corrected chi connectivity index (χ3v) is 4.12. The Bertz CT molecular complexity index is 498. The van der Waals surface area contributed by atoms with Crippen LogP contribution in [0.15, 0.2) is 24.3 Å². The molecule has 1 amide bonds. The molecule has 0 bridgehead atoms. The molecule has 0 aliphatic carbocycles. The van der Waals surface area contributed by atoms with Crippen molar-refractivity contribution in [3.05, 3.63) is 30.1 Å². The highest BCUT2D eigenvalue weighted by Crippen LogP contribution is 2.16. The van der Waals surface area contributed by atoms with Crippen LogP contribution in [-0.4, -0.2) is 67.6 Å². The van der Waals surface area contributed by atoms with E-state index in [1.54, 1.807) is 18.2 Å². The van der Waals surface area contributed by atoms with Crippen LogP contribution in [-0.2, 0) is 4.79 Å². The van der Waals surface area contributed by atoms with E-state index in [4.69, 9.17) is 0 Å². The summed E-state index contributed by atoms with van der Waals surface area (Å²) in [6.07, 6.45) is 0. The predicted octanol–water partition coefficient (Wildman–Crippen LogP) is 0.354. The summed E-state index contributed by atoms with van der Waals surface area (Å²) in [4.78, 5) is 16.5. The second kappa shape index (κ2) is 6.51. The van der Waals surface area contributed by atoms with Gasteiger partial charge in [-0.1, -0.05) is 12.1 Å². The number of nitrogens with one attached hydrogen (secondary N) is 2. The van der Waals surface area contributed by atoms with E-state index in [9.17, 15) is 9.18 Å². The molecule has 0 spiro atoms. The summed E-state index contributed by atoms with van der Waals surface area (Å²) in [6.45, 7) is 6.43. The van der Waals surface area contributed by atoms with Gasteiger partial charge in [-0.2, -0.15) is 0 Å². The Balaban J connectivity index is 1.42. The third-order valence-electron chi connectivity index (χ3n) is 4.12. The second-order valence-corrected chi connectivity index (χ2v) is 5.66. The lowest BCUT2D eigenvalue weighted by Gasteiger charge is -2.46. The Kier molecular flexibility index (Phi) is 4.48.